The summed E-state index contributed by atoms with van der Waals surface area (Å²) in [5.74, 6) is -0.0934. The van der Waals surface area contributed by atoms with Gasteiger partial charge < -0.3 is 4.90 Å². The molecule has 2 aromatic rings. The molecule has 0 radical (unpaired) electrons. The van der Waals surface area contributed by atoms with Crippen LogP contribution in [0.5, 0.6) is 0 Å². The fourth-order valence-corrected chi connectivity index (χ4v) is 4.80. The van der Waals surface area contributed by atoms with Crippen LogP contribution < -0.4 is 0 Å². The van der Waals surface area contributed by atoms with Gasteiger partial charge in [-0.2, -0.15) is 4.31 Å². The van der Waals surface area contributed by atoms with Crippen LogP contribution in [-0.4, -0.2) is 54.7 Å². The Labute approximate surface area is 149 Å². The van der Waals surface area contributed by atoms with Gasteiger partial charge in [-0.05, 0) is 31.2 Å². The van der Waals surface area contributed by atoms with Crippen molar-refractivity contribution in [2.24, 2.45) is 0 Å². The molecule has 0 aliphatic carbocycles. The lowest BCUT2D eigenvalue weighted by atomic mass is 10.3. The lowest BCUT2D eigenvalue weighted by Gasteiger charge is -2.33. The minimum atomic E-state index is -3.56. The topological polar surface area (TPSA) is 70.6 Å². The summed E-state index contributed by atoms with van der Waals surface area (Å²) in [6.07, 6.45) is 1.57. The zero-order chi connectivity index (χ0) is 17.3. The summed E-state index contributed by atoms with van der Waals surface area (Å²) in [4.78, 5) is 18.9. The number of hydrogen-bond acceptors (Lipinski definition) is 5. The van der Waals surface area contributed by atoms with Gasteiger partial charge in [-0.1, -0.05) is 11.6 Å². The van der Waals surface area contributed by atoms with Crippen molar-refractivity contribution >= 4 is 38.9 Å². The third-order valence-electron chi connectivity index (χ3n) is 3.81. The second-order valence-corrected chi connectivity index (χ2v) is 9.00. The molecule has 1 aromatic heterocycles. The molecule has 24 heavy (non-hydrogen) atoms. The van der Waals surface area contributed by atoms with Crippen LogP contribution in [0, 0.1) is 6.92 Å². The van der Waals surface area contributed by atoms with Gasteiger partial charge in [-0.15, -0.1) is 11.3 Å². The van der Waals surface area contributed by atoms with E-state index in [-0.39, 0.29) is 23.9 Å². The van der Waals surface area contributed by atoms with Crippen molar-refractivity contribution < 1.29 is 13.2 Å². The van der Waals surface area contributed by atoms with Gasteiger partial charge >= 0.3 is 0 Å². The third kappa shape index (κ3) is 3.46. The highest BCUT2D eigenvalue weighted by Gasteiger charge is 2.30. The Balaban J connectivity index is 1.68. The third-order valence-corrected chi connectivity index (χ3v) is 6.87. The molecule has 1 aliphatic heterocycles. The first-order chi connectivity index (χ1) is 11.4. The van der Waals surface area contributed by atoms with Gasteiger partial charge in [0.15, 0.2) is 0 Å². The summed E-state index contributed by atoms with van der Waals surface area (Å²) in [7, 11) is -3.56. The first-order valence-electron chi connectivity index (χ1n) is 7.35. The first-order valence-corrected chi connectivity index (χ1v) is 9.99. The number of hydrogen-bond donors (Lipinski definition) is 0. The van der Waals surface area contributed by atoms with Crippen LogP contribution in [0.1, 0.15) is 14.7 Å². The molecular weight excluding hydrogens is 370 g/mol. The van der Waals surface area contributed by atoms with Crippen LogP contribution >= 0.6 is 22.9 Å². The molecule has 1 amide bonds. The van der Waals surface area contributed by atoms with Crippen molar-refractivity contribution in [2.75, 3.05) is 26.2 Å². The fourth-order valence-electron chi connectivity index (χ4n) is 2.50. The number of amides is 1. The Kier molecular flexibility index (Phi) is 4.91. The van der Waals surface area contributed by atoms with E-state index < -0.39 is 10.0 Å². The lowest BCUT2D eigenvalue weighted by Crippen LogP contribution is -2.50. The summed E-state index contributed by atoms with van der Waals surface area (Å²) in [5.41, 5.74) is 0. The summed E-state index contributed by atoms with van der Waals surface area (Å²) < 4.78 is 26.6. The molecule has 128 valence electrons. The molecule has 0 bridgehead atoms. The number of sulfonamides is 1. The molecule has 0 unspecified atom stereocenters. The summed E-state index contributed by atoms with van der Waals surface area (Å²) in [6.45, 7) is 3.12. The maximum absolute atomic E-state index is 12.6. The molecule has 0 saturated carbocycles. The van der Waals surface area contributed by atoms with Gasteiger partial charge in [0.2, 0.25) is 10.0 Å². The maximum atomic E-state index is 12.6. The van der Waals surface area contributed by atoms with Crippen molar-refractivity contribution in [3.05, 3.63) is 45.4 Å². The van der Waals surface area contributed by atoms with Crippen molar-refractivity contribution in [2.45, 2.75) is 11.8 Å². The maximum Gasteiger partial charge on any atom is 0.265 e. The number of aryl methyl sites for hydroxylation is 1. The fraction of sp³-hybridized carbons (Fsp3) is 0.333. The van der Waals surface area contributed by atoms with Crippen LogP contribution in [-0.2, 0) is 10.0 Å². The van der Waals surface area contributed by atoms with E-state index in [2.05, 4.69) is 4.98 Å². The van der Waals surface area contributed by atoms with Gasteiger partial charge in [0, 0.05) is 31.2 Å². The van der Waals surface area contributed by atoms with Crippen LogP contribution in [0.3, 0.4) is 0 Å². The van der Waals surface area contributed by atoms with Gasteiger partial charge in [0.25, 0.3) is 5.91 Å². The van der Waals surface area contributed by atoms with Crippen LogP contribution in [0.4, 0.5) is 0 Å². The highest BCUT2D eigenvalue weighted by Crippen LogP contribution is 2.21. The zero-order valence-corrected chi connectivity index (χ0v) is 15.4. The molecule has 1 saturated heterocycles. The second kappa shape index (κ2) is 6.79. The second-order valence-electron chi connectivity index (χ2n) is 5.39. The number of aromatic nitrogens is 1. The van der Waals surface area contributed by atoms with E-state index in [0.717, 1.165) is 5.01 Å². The van der Waals surface area contributed by atoms with Gasteiger partial charge in [0.05, 0.1) is 16.1 Å². The average Bonchev–Trinajstić information content (AvgIpc) is 3.01. The number of piperazine rings is 1. The van der Waals surface area contributed by atoms with Crippen molar-refractivity contribution in [1.29, 1.82) is 0 Å². The van der Waals surface area contributed by atoms with E-state index in [1.54, 1.807) is 23.2 Å². The van der Waals surface area contributed by atoms with Crippen molar-refractivity contribution in [1.82, 2.24) is 14.2 Å². The number of halogens is 1. The van der Waals surface area contributed by atoms with E-state index in [1.165, 1.54) is 27.8 Å². The van der Waals surface area contributed by atoms with E-state index in [0.29, 0.717) is 23.0 Å². The minimum Gasteiger partial charge on any atom is -0.335 e. The molecule has 9 heteroatoms. The van der Waals surface area contributed by atoms with E-state index in [1.807, 2.05) is 6.92 Å². The number of nitrogens with zero attached hydrogens (tertiary/aromatic N) is 3. The molecule has 1 aliphatic rings. The SMILES string of the molecule is Cc1ncc(C(=O)N2CCN(S(=O)(=O)c3ccc(Cl)cc3)CC2)s1. The lowest BCUT2D eigenvalue weighted by molar-refractivity contribution is 0.0702. The quantitative estimate of drug-likeness (QED) is 0.812. The van der Waals surface area contributed by atoms with Gasteiger partial charge in [-0.3, -0.25) is 4.79 Å². The monoisotopic (exact) mass is 385 g/mol. The van der Waals surface area contributed by atoms with E-state index in [4.69, 9.17) is 11.6 Å². The summed E-state index contributed by atoms with van der Waals surface area (Å²) in [6, 6.07) is 6.10. The molecular formula is C15H16ClN3O3S2. The van der Waals surface area contributed by atoms with Crippen molar-refractivity contribution in [3.63, 3.8) is 0 Å². The Morgan fingerprint density at radius 2 is 1.79 bits per heavy atom. The molecule has 2 heterocycles. The van der Waals surface area contributed by atoms with E-state index in [9.17, 15) is 13.2 Å². The molecule has 0 N–H and O–H groups in total. The average molecular weight is 386 g/mol. The van der Waals surface area contributed by atoms with Crippen LogP contribution in [0.15, 0.2) is 35.4 Å². The number of carbonyl (C=O) groups excluding carboxylic acids is 1. The van der Waals surface area contributed by atoms with Gasteiger partial charge in [-0.25, -0.2) is 13.4 Å². The summed E-state index contributed by atoms with van der Waals surface area (Å²) in [5, 5.41) is 1.33. The Bertz CT molecular complexity index is 841. The number of carbonyl (C=O) groups is 1. The summed E-state index contributed by atoms with van der Waals surface area (Å²) >= 11 is 7.15. The number of thiazole rings is 1. The highest BCUT2D eigenvalue weighted by molar-refractivity contribution is 7.89. The molecule has 0 atom stereocenters. The van der Waals surface area contributed by atoms with Crippen LogP contribution in [0.2, 0.25) is 5.02 Å². The molecule has 1 fully saturated rings. The predicted octanol–water partition coefficient (Wildman–Crippen LogP) is 2.25. The number of rotatable bonds is 3. The molecule has 1 aromatic carbocycles. The largest absolute Gasteiger partial charge is 0.335 e. The number of benzene rings is 1. The van der Waals surface area contributed by atoms with Crippen molar-refractivity contribution in [3.8, 4) is 0 Å². The first kappa shape index (κ1) is 17.3. The standard InChI is InChI=1S/C15H16ClN3O3S2/c1-11-17-10-14(23-11)15(20)18-6-8-19(9-7-18)24(21,22)13-4-2-12(16)3-5-13/h2-5,10H,6-9H2,1H3. The Hall–Kier alpha value is -1.48. The highest BCUT2D eigenvalue weighted by atomic mass is 35.5. The predicted molar refractivity (Wildman–Crippen MR) is 93.0 cm³/mol. The van der Waals surface area contributed by atoms with Crippen LogP contribution in [0.25, 0.3) is 0 Å². The normalized spacial score (nSPS) is 16.3. The molecule has 6 nitrogen and oxygen atoms in total. The zero-order valence-electron chi connectivity index (χ0n) is 13.0. The van der Waals surface area contributed by atoms with Gasteiger partial charge in [0.1, 0.15) is 4.88 Å². The van der Waals surface area contributed by atoms with E-state index >= 15 is 0 Å². The Morgan fingerprint density at radius 3 is 2.33 bits per heavy atom. The smallest absolute Gasteiger partial charge is 0.265 e. The Morgan fingerprint density at radius 1 is 1.17 bits per heavy atom. The molecule has 3 rings (SSSR count). The minimum absolute atomic E-state index is 0.0934. The molecule has 0 spiro atoms.